The Morgan fingerprint density at radius 2 is 1.74 bits per heavy atom. The monoisotopic (exact) mass is 644 g/mol. The second kappa shape index (κ2) is 9.87. The smallest absolute Gasteiger partial charge is 0.315 e. The first kappa shape index (κ1) is 29.6. The van der Waals surface area contributed by atoms with Crippen molar-refractivity contribution in [1.82, 2.24) is 4.31 Å². The van der Waals surface area contributed by atoms with Crippen molar-refractivity contribution in [2.24, 2.45) is 11.3 Å². The molecule has 5 aliphatic rings. The SMILES string of the molecule is COC(=O)[C@@]1(COCc2ccccc2)[C@@H]2C[C@@H](N(S(=O)(=O)c3ccc(C)cc3)C[C@]23O[C@@H]3C)[C@]23Nc4ccccc4[C@]12CC(=O)O3. The van der Waals surface area contributed by atoms with Crippen molar-refractivity contribution in [3.8, 4) is 0 Å². The van der Waals surface area contributed by atoms with Crippen molar-refractivity contribution in [1.29, 1.82) is 0 Å². The maximum absolute atomic E-state index is 14.7. The topological polar surface area (TPSA) is 124 Å². The van der Waals surface area contributed by atoms with Crippen molar-refractivity contribution in [3.63, 3.8) is 0 Å². The third kappa shape index (κ3) is 3.60. The molecule has 2 bridgehead atoms. The zero-order valence-electron chi connectivity index (χ0n) is 25.9. The fourth-order valence-corrected chi connectivity index (χ4v) is 11.0. The fourth-order valence-electron chi connectivity index (χ4n) is 9.31. The highest BCUT2D eigenvalue weighted by Gasteiger charge is 2.89. The van der Waals surface area contributed by atoms with Gasteiger partial charge in [-0.15, -0.1) is 0 Å². The Bertz CT molecular complexity index is 1850. The lowest BCUT2D eigenvalue weighted by atomic mass is 9.42. The molecule has 46 heavy (non-hydrogen) atoms. The lowest BCUT2D eigenvalue weighted by Gasteiger charge is -2.64. The number of carbonyl (C=O) groups is 2. The number of anilines is 1. The number of rotatable bonds is 7. The number of aryl methyl sites for hydroxylation is 1. The summed E-state index contributed by atoms with van der Waals surface area (Å²) < 4.78 is 55.6. The van der Waals surface area contributed by atoms with Crippen molar-refractivity contribution < 1.29 is 37.0 Å². The van der Waals surface area contributed by atoms with Gasteiger partial charge in [0.15, 0.2) is 0 Å². The number of esters is 2. The highest BCUT2D eigenvalue weighted by molar-refractivity contribution is 7.89. The Balaban J connectivity index is 1.37. The molecule has 1 aliphatic carbocycles. The number of carbonyl (C=O) groups excluding carboxylic acids is 2. The van der Waals surface area contributed by atoms with Crippen LogP contribution >= 0.6 is 0 Å². The van der Waals surface area contributed by atoms with Crippen LogP contribution in [0.3, 0.4) is 0 Å². The summed E-state index contributed by atoms with van der Waals surface area (Å²) in [6, 6.07) is 23.0. The van der Waals surface area contributed by atoms with Crippen LogP contribution in [0.4, 0.5) is 5.69 Å². The lowest BCUT2D eigenvalue weighted by molar-refractivity contribution is -0.222. The van der Waals surface area contributed by atoms with Gasteiger partial charge in [0.2, 0.25) is 15.7 Å². The number of fused-ring (bicyclic) bond motifs is 4. The van der Waals surface area contributed by atoms with E-state index < -0.39 is 56.1 Å². The molecule has 4 heterocycles. The van der Waals surface area contributed by atoms with Gasteiger partial charge < -0.3 is 24.3 Å². The first-order chi connectivity index (χ1) is 22.1. The molecule has 0 aromatic heterocycles. The molecule has 3 aromatic carbocycles. The van der Waals surface area contributed by atoms with Gasteiger partial charge >= 0.3 is 11.9 Å². The Hall–Kier alpha value is -3.77. The van der Waals surface area contributed by atoms with Gasteiger partial charge in [0.05, 0.1) is 49.2 Å². The second-order valence-electron chi connectivity index (χ2n) is 13.3. The number of sulfonamides is 1. The molecule has 240 valence electrons. The molecule has 7 atom stereocenters. The number of nitrogens with one attached hydrogen (secondary N) is 1. The summed E-state index contributed by atoms with van der Waals surface area (Å²) in [6.45, 7) is 3.91. The minimum Gasteiger partial charge on any atom is -0.468 e. The van der Waals surface area contributed by atoms with Crippen LogP contribution in [0, 0.1) is 18.3 Å². The highest BCUT2D eigenvalue weighted by Crippen LogP contribution is 2.75. The van der Waals surface area contributed by atoms with E-state index in [1.807, 2.05) is 68.4 Å². The minimum atomic E-state index is -4.12. The molecular weight excluding hydrogens is 608 g/mol. The van der Waals surface area contributed by atoms with Gasteiger partial charge in [0.25, 0.3) is 0 Å². The Kier molecular flexibility index (Phi) is 6.35. The van der Waals surface area contributed by atoms with Crippen LogP contribution in [-0.4, -0.2) is 68.4 Å². The van der Waals surface area contributed by atoms with E-state index >= 15 is 0 Å². The summed E-state index contributed by atoms with van der Waals surface area (Å²) in [5.74, 6) is -1.64. The molecule has 3 aromatic rings. The zero-order chi connectivity index (χ0) is 32.1. The van der Waals surface area contributed by atoms with E-state index in [1.165, 1.54) is 11.4 Å². The van der Waals surface area contributed by atoms with Crippen LogP contribution in [0.25, 0.3) is 0 Å². The van der Waals surface area contributed by atoms with Crippen LogP contribution in [0.5, 0.6) is 0 Å². The van der Waals surface area contributed by atoms with E-state index in [0.717, 1.165) is 11.1 Å². The molecule has 11 heteroatoms. The average molecular weight is 645 g/mol. The van der Waals surface area contributed by atoms with Gasteiger partial charge in [-0.25, -0.2) is 8.42 Å². The van der Waals surface area contributed by atoms with Crippen LogP contribution in [0.1, 0.15) is 36.5 Å². The summed E-state index contributed by atoms with van der Waals surface area (Å²) in [7, 11) is -2.77. The molecular formula is C35H36N2O8S. The summed E-state index contributed by atoms with van der Waals surface area (Å²) in [5, 5.41) is 3.50. The number of piperidine rings is 1. The molecule has 3 saturated heterocycles. The Labute approximate surface area is 268 Å². The number of methoxy groups -OCH3 is 1. The number of hydrogen-bond acceptors (Lipinski definition) is 9. The van der Waals surface area contributed by atoms with E-state index in [-0.39, 0.29) is 43.6 Å². The van der Waals surface area contributed by atoms with Gasteiger partial charge in [0, 0.05) is 18.2 Å². The third-order valence-corrected chi connectivity index (χ3v) is 13.2. The van der Waals surface area contributed by atoms with Gasteiger partial charge in [-0.05, 0) is 49.6 Å². The van der Waals surface area contributed by atoms with Crippen LogP contribution in [-0.2, 0) is 50.6 Å². The van der Waals surface area contributed by atoms with Crippen molar-refractivity contribution in [2.75, 3.05) is 25.6 Å². The van der Waals surface area contributed by atoms with Gasteiger partial charge in [0.1, 0.15) is 11.0 Å². The zero-order valence-corrected chi connectivity index (χ0v) is 26.7. The predicted octanol–water partition coefficient (Wildman–Crippen LogP) is 3.93. The second-order valence-corrected chi connectivity index (χ2v) is 15.2. The molecule has 0 amide bonds. The van der Waals surface area contributed by atoms with E-state index in [1.54, 1.807) is 24.3 Å². The summed E-state index contributed by atoms with van der Waals surface area (Å²) >= 11 is 0. The lowest BCUT2D eigenvalue weighted by Crippen LogP contribution is -2.81. The predicted molar refractivity (Wildman–Crippen MR) is 166 cm³/mol. The van der Waals surface area contributed by atoms with E-state index in [0.29, 0.717) is 11.3 Å². The molecule has 0 unspecified atom stereocenters. The third-order valence-electron chi connectivity index (χ3n) is 11.3. The number of benzene rings is 3. The highest BCUT2D eigenvalue weighted by atomic mass is 32.2. The van der Waals surface area contributed by atoms with Gasteiger partial charge in [-0.2, -0.15) is 4.31 Å². The molecule has 8 rings (SSSR count). The Morgan fingerprint density at radius 3 is 2.43 bits per heavy atom. The number of nitrogens with zero attached hydrogens (tertiary/aromatic N) is 1. The molecule has 1 N–H and O–H groups in total. The van der Waals surface area contributed by atoms with Gasteiger partial charge in [-0.1, -0.05) is 66.2 Å². The quantitative estimate of drug-likeness (QED) is 0.301. The number of ether oxygens (including phenoxy) is 4. The maximum atomic E-state index is 14.7. The van der Waals surface area contributed by atoms with Crippen molar-refractivity contribution in [2.45, 2.75) is 67.1 Å². The molecule has 1 saturated carbocycles. The minimum absolute atomic E-state index is 0.0233. The molecule has 1 spiro atoms. The van der Waals surface area contributed by atoms with E-state index in [4.69, 9.17) is 18.9 Å². The largest absolute Gasteiger partial charge is 0.468 e. The Morgan fingerprint density at radius 1 is 1.04 bits per heavy atom. The molecule has 4 aliphatic heterocycles. The number of para-hydroxylation sites is 1. The normalized spacial score (nSPS) is 35.5. The molecule has 10 nitrogen and oxygen atoms in total. The van der Waals surface area contributed by atoms with Crippen molar-refractivity contribution >= 4 is 27.6 Å². The molecule has 4 fully saturated rings. The fraction of sp³-hybridized carbons (Fsp3) is 0.429. The summed E-state index contributed by atoms with van der Waals surface area (Å²) in [5.41, 5.74) is -2.29. The first-order valence-corrected chi connectivity index (χ1v) is 17.1. The summed E-state index contributed by atoms with van der Waals surface area (Å²) in [4.78, 5) is 28.6. The summed E-state index contributed by atoms with van der Waals surface area (Å²) in [6.07, 6.45) is -0.356. The standard InChI is InChI=1S/C35H36N2O8S/c1-22-13-15-25(16-14-22)46(40,41)37-20-33(23(2)44-33)28-17-29(37)35-34(18-30(38)45-35,26-11-7-8-12-27(26)36-35)32(28,31(39)42-3)21-43-19-24-9-5-4-6-10-24/h4-16,23,28-29,36H,17-21H2,1-3H3/t23-,28+,29-,32-,33-,34-,35-/m1/s1. The van der Waals surface area contributed by atoms with Crippen LogP contribution < -0.4 is 5.32 Å². The van der Waals surface area contributed by atoms with Gasteiger partial charge in [-0.3, -0.25) is 9.59 Å². The van der Waals surface area contributed by atoms with Crippen molar-refractivity contribution in [3.05, 3.63) is 95.6 Å². The maximum Gasteiger partial charge on any atom is 0.315 e. The van der Waals surface area contributed by atoms with Crippen LogP contribution in [0.2, 0.25) is 0 Å². The first-order valence-electron chi connectivity index (χ1n) is 15.6. The number of hydrogen-bond donors (Lipinski definition) is 1. The van der Waals surface area contributed by atoms with E-state index in [2.05, 4.69) is 5.32 Å². The average Bonchev–Trinajstić information content (AvgIpc) is 3.43. The van der Waals surface area contributed by atoms with E-state index in [9.17, 15) is 18.0 Å². The number of epoxide rings is 1. The van der Waals surface area contributed by atoms with Crippen LogP contribution in [0.15, 0.2) is 83.8 Å². The molecule has 0 radical (unpaired) electrons.